The average Bonchev–Trinajstić information content (AvgIpc) is 2.20. The molecule has 0 saturated heterocycles. The second-order valence-corrected chi connectivity index (χ2v) is 3.68. The largest absolute Gasteiger partial charge is 0.347 e. The van der Waals surface area contributed by atoms with Crippen LogP contribution in [-0.2, 0) is 6.54 Å². The van der Waals surface area contributed by atoms with Gasteiger partial charge in [-0.3, -0.25) is 4.57 Å². The van der Waals surface area contributed by atoms with E-state index in [-0.39, 0.29) is 5.69 Å². The zero-order valence-corrected chi connectivity index (χ0v) is 9.12. The van der Waals surface area contributed by atoms with Gasteiger partial charge in [0.15, 0.2) is 0 Å². The van der Waals surface area contributed by atoms with Gasteiger partial charge in [0, 0.05) is 18.9 Å². The Balaban J connectivity index is 2.25. The average molecular weight is 212 g/mol. The quantitative estimate of drug-likeness (QED) is 0.576. The van der Waals surface area contributed by atoms with E-state index in [1.165, 1.54) is 12.6 Å². The van der Waals surface area contributed by atoms with Crippen molar-refractivity contribution in [3.05, 3.63) is 28.9 Å². The van der Waals surface area contributed by atoms with Crippen molar-refractivity contribution in [1.82, 2.24) is 9.55 Å². The molecule has 0 radical (unpaired) electrons. The first-order valence-corrected chi connectivity index (χ1v) is 5.60. The van der Waals surface area contributed by atoms with Gasteiger partial charge in [-0.25, -0.2) is 9.78 Å². The Hall–Kier alpha value is -0.770. The summed E-state index contributed by atoms with van der Waals surface area (Å²) in [5.74, 6) is 0.951. The van der Waals surface area contributed by atoms with Gasteiger partial charge in [-0.1, -0.05) is 12.8 Å². The summed E-state index contributed by atoms with van der Waals surface area (Å²) >= 11 is 4.14. The molecule has 0 bridgehead atoms. The molecule has 3 nitrogen and oxygen atoms in total. The maximum Gasteiger partial charge on any atom is 0.347 e. The first kappa shape index (κ1) is 11.3. The monoisotopic (exact) mass is 212 g/mol. The Morgan fingerprint density at radius 1 is 1.29 bits per heavy atom. The molecule has 0 spiro atoms. The molecule has 14 heavy (non-hydrogen) atoms. The lowest BCUT2D eigenvalue weighted by molar-refractivity contribution is 0.563. The summed E-state index contributed by atoms with van der Waals surface area (Å²) in [6.07, 6.45) is 7.86. The third kappa shape index (κ3) is 3.96. The topological polar surface area (TPSA) is 34.9 Å². The second-order valence-electron chi connectivity index (χ2n) is 3.23. The molecule has 0 aliphatic carbocycles. The number of aromatic nitrogens is 2. The summed E-state index contributed by atoms with van der Waals surface area (Å²) in [6.45, 7) is 0.777. The second kappa shape index (κ2) is 6.65. The lowest BCUT2D eigenvalue weighted by atomic mass is 10.2. The van der Waals surface area contributed by atoms with Crippen LogP contribution in [0.15, 0.2) is 23.3 Å². The van der Waals surface area contributed by atoms with Crippen molar-refractivity contribution in [1.29, 1.82) is 0 Å². The predicted octanol–water partition coefficient (Wildman–Crippen LogP) is 1.73. The Kier molecular flexibility index (Phi) is 5.37. The highest BCUT2D eigenvalue weighted by atomic mass is 32.1. The van der Waals surface area contributed by atoms with Crippen molar-refractivity contribution in [3.63, 3.8) is 0 Å². The van der Waals surface area contributed by atoms with Crippen LogP contribution >= 0.6 is 12.6 Å². The predicted molar refractivity (Wildman–Crippen MR) is 60.8 cm³/mol. The van der Waals surface area contributed by atoms with Gasteiger partial charge < -0.3 is 0 Å². The molecule has 0 atom stereocenters. The van der Waals surface area contributed by atoms with Gasteiger partial charge in [0.05, 0.1) is 0 Å². The van der Waals surface area contributed by atoms with Crippen LogP contribution in [0.2, 0.25) is 0 Å². The summed E-state index contributed by atoms with van der Waals surface area (Å²) in [4.78, 5) is 14.9. The molecule has 4 heteroatoms. The van der Waals surface area contributed by atoms with E-state index in [0.29, 0.717) is 0 Å². The number of nitrogens with zero attached hydrogens (tertiary/aromatic N) is 2. The van der Waals surface area contributed by atoms with E-state index < -0.39 is 0 Å². The van der Waals surface area contributed by atoms with E-state index in [0.717, 1.165) is 31.6 Å². The van der Waals surface area contributed by atoms with Crippen molar-refractivity contribution in [2.45, 2.75) is 32.2 Å². The fourth-order valence-corrected chi connectivity index (χ4v) is 1.53. The highest BCUT2D eigenvalue weighted by molar-refractivity contribution is 7.80. The van der Waals surface area contributed by atoms with Gasteiger partial charge in [-0.15, -0.1) is 0 Å². The molecule has 1 rings (SSSR count). The van der Waals surface area contributed by atoms with Crippen LogP contribution in [0.25, 0.3) is 0 Å². The molecular weight excluding hydrogens is 196 g/mol. The molecule has 1 heterocycles. The summed E-state index contributed by atoms with van der Waals surface area (Å²) in [6, 6.07) is 1.79. The van der Waals surface area contributed by atoms with E-state index in [4.69, 9.17) is 0 Å². The van der Waals surface area contributed by atoms with Crippen molar-refractivity contribution in [3.8, 4) is 0 Å². The zero-order chi connectivity index (χ0) is 10.2. The summed E-state index contributed by atoms with van der Waals surface area (Å²) in [5, 5.41) is 0. The number of aryl methyl sites for hydroxylation is 1. The maximum atomic E-state index is 11.2. The molecule has 0 aliphatic heterocycles. The van der Waals surface area contributed by atoms with Crippen molar-refractivity contribution >= 4 is 12.6 Å². The van der Waals surface area contributed by atoms with Crippen LogP contribution in [-0.4, -0.2) is 15.3 Å². The Labute approximate surface area is 89.6 Å². The molecular formula is C10H16N2OS. The first-order valence-electron chi connectivity index (χ1n) is 4.97. The molecule has 0 N–H and O–H groups in total. The molecule has 0 aromatic carbocycles. The molecule has 0 fully saturated rings. The molecule has 0 aliphatic rings. The minimum Gasteiger partial charge on any atom is -0.299 e. The fourth-order valence-electron chi connectivity index (χ4n) is 1.30. The number of hydrogen-bond donors (Lipinski definition) is 1. The Morgan fingerprint density at radius 2 is 2.07 bits per heavy atom. The van der Waals surface area contributed by atoms with Crippen LogP contribution in [0.4, 0.5) is 0 Å². The lowest BCUT2D eigenvalue weighted by Crippen LogP contribution is -2.21. The van der Waals surface area contributed by atoms with Gasteiger partial charge in [-0.05, 0) is 24.7 Å². The molecule has 1 aromatic heterocycles. The van der Waals surface area contributed by atoms with Gasteiger partial charge >= 0.3 is 5.69 Å². The minimum atomic E-state index is -0.151. The first-order chi connectivity index (χ1) is 6.84. The molecule has 0 saturated carbocycles. The molecule has 0 unspecified atom stereocenters. The zero-order valence-electron chi connectivity index (χ0n) is 8.22. The number of unbranched alkanes of at least 4 members (excludes halogenated alkanes) is 3. The highest BCUT2D eigenvalue weighted by Gasteiger charge is 1.94. The van der Waals surface area contributed by atoms with Crippen LogP contribution in [0.1, 0.15) is 25.7 Å². The van der Waals surface area contributed by atoms with Crippen LogP contribution < -0.4 is 5.69 Å². The standard InChI is InChI=1S/C10H16N2OS/c13-10-11-6-5-8-12(10)7-3-1-2-4-9-14/h5-6,8,14H,1-4,7,9H2. The Morgan fingerprint density at radius 3 is 2.79 bits per heavy atom. The van der Waals surface area contributed by atoms with Crippen LogP contribution in [0.5, 0.6) is 0 Å². The number of rotatable bonds is 6. The highest BCUT2D eigenvalue weighted by Crippen LogP contribution is 2.01. The minimum absolute atomic E-state index is 0.151. The van der Waals surface area contributed by atoms with E-state index >= 15 is 0 Å². The van der Waals surface area contributed by atoms with Crippen molar-refractivity contribution in [2.24, 2.45) is 0 Å². The van der Waals surface area contributed by atoms with Gasteiger partial charge in [-0.2, -0.15) is 12.6 Å². The fraction of sp³-hybridized carbons (Fsp3) is 0.600. The maximum absolute atomic E-state index is 11.2. The summed E-state index contributed by atoms with van der Waals surface area (Å²) < 4.78 is 1.65. The molecule has 1 aromatic rings. The molecule has 0 amide bonds. The van der Waals surface area contributed by atoms with Gasteiger partial charge in [0.2, 0.25) is 0 Å². The smallest absolute Gasteiger partial charge is 0.299 e. The van der Waals surface area contributed by atoms with Crippen LogP contribution in [0, 0.1) is 0 Å². The van der Waals surface area contributed by atoms with Crippen LogP contribution in [0.3, 0.4) is 0 Å². The van der Waals surface area contributed by atoms with Gasteiger partial charge in [0.1, 0.15) is 0 Å². The Bertz CT molecular complexity index is 311. The van der Waals surface area contributed by atoms with E-state index in [2.05, 4.69) is 17.6 Å². The summed E-state index contributed by atoms with van der Waals surface area (Å²) in [5.41, 5.74) is -0.151. The normalized spacial score (nSPS) is 10.4. The lowest BCUT2D eigenvalue weighted by Gasteiger charge is -2.03. The third-order valence-electron chi connectivity index (χ3n) is 2.09. The third-order valence-corrected chi connectivity index (χ3v) is 2.41. The van der Waals surface area contributed by atoms with E-state index in [9.17, 15) is 4.79 Å². The number of hydrogen-bond acceptors (Lipinski definition) is 3. The summed E-state index contributed by atoms with van der Waals surface area (Å²) in [7, 11) is 0. The van der Waals surface area contributed by atoms with Gasteiger partial charge in [0.25, 0.3) is 0 Å². The van der Waals surface area contributed by atoms with E-state index in [1.807, 2.05) is 0 Å². The van der Waals surface area contributed by atoms with E-state index in [1.54, 1.807) is 16.8 Å². The SMILES string of the molecule is O=c1ncccn1CCCCCCS. The van der Waals surface area contributed by atoms with Crippen molar-refractivity contribution < 1.29 is 0 Å². The van der Waals surface area contributed by atoms with Crippen molar-refractivity contribution in [2.75, 3.05) is 5.75 Å². The number of thiol groups is 1. The molecule has 78 valence electrons.